The zero-order valence-corrected chi connectivity index (χ0v) is 6.93. The summed E-state index contributed by atoms with van der Waals surface area (Å²) in [5.41, 5.74) is 11.0. The monoisotopic (exact) mass is 145 g/mol. The lowest BCUT2D eigenvalue weighted by Crippen LogP contribution is -2.33. The molecule has 0 spiro atoms. The SMILES string of the molecule is CNC(CCN)CC(C)N. The minimum Gasteiger partial charge on any atom is -0.330 e. The Kier molecular flexibility index (Phi) is 5.58. The van der Waals surface area contributed by atoms with Gasteiger partial charge in [0.1, 0.15) is 0 Å². The average molecular weight is 145 g/mol. The second-order valence-corrected chi connectivity index (χ2v) is 2.78. The van der Waals surface area contributed by atoms with Gasteiger partial charge in [-0.3, -0.25) is 0 Å². The van der Waals surface area contributed by atoms with Gasteiger partial charge in [-0.2, -0.15) is 0 Å². The fourth-order valence-electron chi connectivity index (χ4n) is 1.03. The molecule has 0 aliphatic rings. The van der Waals surface area contributed by atoms with Gasteiger partial charge in [0.2, 0.25) is 0 Å². The first-order valence-electron chi connectivity index (χ1n) is 3.83. The first-order chi connectivity index (χ1) is 4.70. The van der Waals surface area contributed by atoms with Crippen LogP contribution in [0.15, 0.2) is 0 Å². The van der Waals surface area contributed by atoms with Crippen LogP contribution in [-0.2, 0) is 0 Å². The molecule has 5 N–H and O–H groups in total. The minimum atomic E-state index is 0.268. The average Bonchev–Trinajstić information content (AvgIpc) is 1.86. The summed E-state index contributed by atoms with van der Waals surface area (Å²) < 4.78 is 0. The van der Waals surface area contributed by atoms with Crippen LogP contribution in [-0.4, -0.2) is 25.7 Å². The predicted octanol–water partition coefficient (Wildman–Crippen LogP) is -0.339. The molecule has 0 fully saturated rings. The van der Waals surface area contributed by atoms with Crippen molar-refractivity contribution in [2.45, 2.75) is 31.8 Å². The summed E-state index contributed by atoms with van der Waals surface area (Å²) in [5.74, 6) is 0. The van der Waals surface area contributed by atoms with Crippen molar-refractivity contribution >= 4 is 0 Å². The Hall–Kier alpha value is -0.120. The molecule has 0 saturated heterocycles. The van der Waals surface area contributed by atoms with Crippen LogP contribution in [0.3, 0.4) is 0 Å². The van der Waals surface area contributed by atoms with Crippen LogP contribution in [0.5, 0.6) is 0 Å². The Balaban J connectivity index is 3.39. The molecule has 0 aliphatic carbocycles. The van der Waals surface area contributed by atoms with Gasteiger partial charge in [0, 0.05) is 12.1 Å². The Morgan fingerprint density at radius 3 is 2.40 bits per heavy atom. The van der Waals surface area contributed by atoms with Gasteiger partial charge in [-0.25, -0.2) is 0 Å². The van der Waals surface area contributed by atoms with Gasteiger partial charge in [-0.15, -0.1) is 0 Å². The summed E-state index contributed by atoms with van der Waals surface area (Å²) in [6, 6.07) is 0.758. The molecule has 3 heteroatoms. The molecule has 0 heterocycles. The molecule has 0 aromatic carbocycles. The normalized spacial score (nSPS) is 16.8. The maximum atomic E-state index is 5.62. The van der Waals surface area contributed by atoms with Crippen molar-refractivity contribution in [3.8, 4) is 0 Å². The molecule has 10 heavy (non-hydrogen) atoms. The molecule has 0 bridgehead atoms. The van der Waals surface area contributed by atoms with E-state index in [9.17, 15) is 0 Å². The van der Waals surface area contributed by atoms with Crippen molar-refractivity contribution in [2.75, 3.05) is 13.6 Å². The lowest BCUT2D eigenvalue weighted by Gasteiger charge is -2.16. The third-order valence-electron chi connectivity index (χ3n) is 1.58. The van der Waals surface area contributed by atoms with E-state index in [0.717, 1.165) is 19.4 Å². The van der Waals surface area contributed by atoms with Gasteiger partial charge in [-0.1, -0.05) is 0 Å². The van der Waals surface area contributed by atoms with Crippen molar-refractivity contribution in [3.63, 3.8) is 0 Å². The zero-order chi connectivity index (χ0) is 7.98. The van der Waals surface area contributed by atoms with Crippen LogP contribution >= 0.6 is 0 Å². The lowest BCUT2D eigenvalue weighted by molar-refractivity contribution is 0.459. The van der Waals surface area contributed by atoms with E-state index in [1.165, 1.54) is 0 Å². The van der Waals surface area contributed by atoms with E-state index in [1.807, 2.05) is 14.0 Å². The quantitative estimate of drug-likeness (QED) is 0.496. The third kappa shape index (κ3) is 4.73. The molecule has 0 amide bonds. The van der Waals surface area contributed by atoms with Crippen LogP contribution in [0, 0.1) is 0 Å². The van der Waals surface area contributed by atoms with Crippen molar-refractivity contribution in [1.29, 1.82) is 0 Å². The summed E-state index contributed by atoms with van der Waals surface area (Å²) >= 11 is 0. The number of hydrogen-bond donors (Lipinski definition) is 3. The maximum absolute atomic E-state index is 5.62. The van der Waals surface area contributed by atoms with Crippen molar-refractivity contribution in [3.05, 3.63) is 0 Å². The number of hydrogen-bond acceptors (Lipinski definition) is 3. The highest BCUT2D eigenvalue weighted by Crippen LogP contribution is 1.98. The third-order valence-corrected chi connectivity index (χ3v) is 1.58. The van der Waals surface area contributed by atoms with Crippen LogP contribution in [0.1, 0.15) is 19.8 Å². The molecular weight excluding hydrogens is 126 g/mol. The van der Waals surface area contributed by atoms with E-state index in [4.69, 9.17) is 11.5 Å². The van der Waals surface area contributed by atoms with Gasteiger partial charge in [0.05, 0.1) is 0 Å². The maximum Gasteiger partial charge on any atom is 0.00906 e. The number of nitrogens with one attached hydrogen (secondary N) is 1. The van der Waals surface area contributed by atoms with E-state index in [-0.39, 0.29) is 6.04 Å². The first-order valence-corrected chi connectivity index (χ1v) is 3.83. The standard InChI is InChI=1S/C7H19N3/c1-6(9)5-7(10-2)3-4-8/h6-7,10H,3-5,8-9H2,1-2H3. The molecule has 62 valence electrons. The van der Waals surface area contributed by atoms with Crippen molar-refractivity contribution in [1.82, 2.24) is 5.32 Å². The van der Waals surface area contributed by atoms with Gasteiger partial charge in [0.15, 0.2) is 0 Å². The van der Waals surface area contributed by atoms with Gasteiger partial charge in [-0.05, 0) is 33.4 Å². The van der Waals surface area contributed by atoms with E-state index in [0.29, 0.717) is 6.04 Å². The van der Waals surface area contributed by atoms with Gasteiger partial charge >= 0.3 is 0 Å². The molecule has 2 atom stereocenters. The van der Waals surface area contributed by atoms with Gasteiger partial charge in [0.25, 0.3) is 0 Å². The first kappa shape index (κ1) is 9.88. The Bertz CT molecular complexity index is 73.3. The highest BCUT2D eigenvalue weighted by molar-refractivity contribution is 4.69. The second kappa shape index (κ2) is 5.65. The van der Waals surface area contributed by atoms with Crippen LogP contribution in [0.2, 0.25) is 0 Å². The van der Waals surface area contributed by atoms with Crippen LogP contribution in [0.4, 0.5) is 0 Å². The largest absolute Gasteiger partial charge is 0.330 e. The predicted molar refractivity (Wildman–Crippen MR) is 44.8 cm³/mol. The Morgan fingerprint density at radius 2 is 2.10 bits per heavy atom. The molecule has 0 radical (unpaired) electrons. The molecule has 0 rings (SSSR count). The summed E-state index contributed by atoms with van der Waals surface area (Å²) in [6.07, 6.45) is 2.02. The number of nitrogens with two attached hydrogens (primary N) is 2. The van der Waals surface area contributed by atoms with Crippen molar-refractivity contribution < 1.29 is 0 Å². The zero-order valence-electron chi connectivity index (χ0n) is 6.93. The summed E-state index contributed by atoms with van der Waals surface area (Å²) in [7, 11) is 1.95. The molecule has 0 aliphatic heterocycles. The molecule has 2 unspecified atom stereocenters. The minimum absolute atomic E-state index is 0.268. The summed E-state index contributed by atoms with van der Waals surface area (Å²) in [4.78, 5) is 0. The highest BCUT2D eigenvalue weighted by Gasteiger charge is 2.06. The fraction of sp³-hybridized carbons (Fsp3) is 1.00. The van der Waals surface area contributed by atoms with Crippen LogP contribution in [0.25, 0.3) is 0 Å². The summed E-state index contributed by atoms with van der Waals surface area (Å²) in [6.45, 7) is 2.75. The second-order valence-electron chi connectivity index (χ2n) is 2.78. The van der Waals surface area contributed by atoms with Gasteiger partial charge < -0.3 is 16.8 Å². The topological polar surface area (TPSA) is 64.1 Å². The lowest BCUT2D eigenvalue weighted by atomic mass is 10.1. The highest BCUT2D eigenvalue weighted by atomic mass is 14.9. The summed E-state index contributed by atoms with van der Waals surface area (Å²) in [5, 5.41) is 3.17. The molecule has 3 nitrogen and oxygen atoms in total. The number of rotatable bonds is 5. The smallest absolute Gasteiger partial charge is 0.00906 e. The van der Waals surface area contributed by atoms with E-state index >= 15 is 0 Å². The van der Waals surface area contributed by atoms with Crippen molar-refractivity contribution in [2.24, 2.45) is 11.5 Å². The van der Waals surface area contributed by atoms with E-state index in [2.05, 4.69) is 5.32 Å². The van der Waals surface area contributed by atoms with E-state index < -0.39 is 0 Å². The molecule has 0 aromatic rings. The molecule has 0 aromatic heterocycles. The fourth-order valence-corrected chi connectivity index (χ4v) is 1.03. The molecular formula is C7H19N3. The van der Waals surface area contributed by atoms with E-state index in [1.54, 1.807) is 0 Å². The van der Waals surface area contributed by atoms with Crippen LogP contribution < -0.4 is 16.8 Å². The molecule has 0 saturated carbocycles. The Morgan fingerprint density at radius 1 is 1.50 bits per heavy atom. The Labute approximate surface area is 63.2 Å².